The van der Waals surface area contributed by atoms with Crippen LogP contribution in [0.15, 0.2) is 133 Å². The second-order valence-electron chi connectivity index (χ2n) is 11.2. The van der Waals surface area contributed by atoms with Gasteiger partial charge in [-0.2, -0.15) is 0 Å². The van der Waals surface area contributed by atoms with Crippen molar-refractivity contribution in [3.05, 3.63) is 161 Å². The molecule has 0 fully saturated rings. The van der Waals surface area contributed by atoms with Crippen molar-refractivity contribution in [3.63, 3.8) is 0 Å². The Labute approximate surface area is 264 Å². The molecular weight excluding hydrogens is 528 g/mol. The molecule has 0 amide bonds. The summed E-state index contributed by atoms with van der Waals surface area (Å²) in [5, 5.41) is 2.73. The van der Waals surface area contributed by atoms with Crippen LogP contribution in [0.1, 0.15) is 55.0 Å². The molecule has 6 aromatic carbocycles. The van der Waals surface area contributed by atoms with Gasteiger partial charge in [-0.15, -0.1) is 0 Å². The van der Waals surface area contributed by atoms with E-state index >= 15 is 0 Å². The van der Waals surface area contributed by atoms with Crippen molar-refractivity contribution in [3.8, 4) is 33.4 Å². The fourth-order valence-electron chi connectivity index (χ4n) is 6.39. The molecule has 1 aliphatic carbocycles. The lowest BCUT2D eigenvalue weighted by Gasteiger charge is -2.22. The average Bonchev–Trinajstić information content (AvgIpc) is 3.10. The van der Waals surface area contributed by atoms with E-state index in [1.165, 1.54) is 72.0 Å². The van der Waals surface area contributed by atoms with Crippen LogP contribution in [0.3, 0.4) is 0 Å². The second-order valence-corrected chi connectivity index (χ2v) is 11.2. The van der Waals surface area contributed by atoms with E-state index in [2.05, 4.69) is 160 Å². The van der Waals surface area contributed by atoms with Crippen molar-refractivity contribution in [2.75, 3.05) is 0 Å². The number of allylic oxidation sites excluding steroid dienone is 1. The van der Waals surface area contributed by atoms with Gasteiger partial charge in [-0.05, 0) is 111 Å². The molecule has 0 saturated heterocycles. The fraction of sp³-hybridized carbons (Fsp3) is 0.182. The van der Waals surface area contributed by atoms with Gasteiger partial charge in [-0.1, -0.05) is 154 Å². The molecule has 44 heavy (non-hydrogen) atoms. The minimum atomic E-state index is 1.09. The van der Waals surface area contributed by atoms with Crippen LogP contribution in [0.5, 0.6) is 0 Å². The van der Waals surface area contributed by atoms with E-state index in [9.17, 15) is 0 Å². The van der Waals surface area contributed by atoms with Crippen molar-refractivity contribution >= 4 is 16.8 Å². The predicted molar refractivity (Wildman–Crippen MR) is 194 cm³/mol. The van der Waals surface area contributed by atoms with Crippen LogP contribution in [-0.2, 0) is 12.8 Å². The summed E-state index contributed by atoms with van der Waals surface area (Å²) in [4.78, 5) is 0. The van der Waals surface area contributed by atoms with Crippen LogP contribution in [0.4, 0.5) is 0 Å². The molecule has 6 aromatic rings. The summed E-state index contributed by atoms with van der Waals surface area (Å²) in [6, 6.07) is 45.7. The molecule has 220 valence electrons. The van der Waals surface area contributed by atoms with Crippen LogP contribution >= 0.6 is 0 Å². The first-order valence-corrected chi connectivity index (χ1v) is 16.2. The lowest BCUT2D eigenvalue weighted by Crippen LogP contribution is -2.02. The Morgan fingerprint density at radius 2 is 1.18 bits per heavy atom. The third-order valence-electron chi connectivity index (χ3n) is 8.58. The Balaban J connectivity index is 0.000000192. The highest BCUT2D eigenvalue weighted by Crippen LogP contribution is 2.41. The predicted octanol–water partition coefficient (Wildman–Crippen LogP) is 12.7. The van der Waals surface area contributed by atoms with Gasteiger partial charge in [0.15, 0.2) is 0 Å². The molecule has 0 nitrogen and oxygen atoms in total. The molecule has 0 spiro atoms. The van der Waals surface area contributed by atoms with Crippen LogP contribution in [0.2, 0.25) is 0 Å². The lowest BCUT2D eigenvalue weighted by atomic mass is 9.82. The summed E-state index contributed by atoms with van der Waals surface area (Å²) in [6.45, 7) is 10.7. The summed E-state index contributed by atoms with van der Waals surface area (Å²) in [5.74, 6) is 0. The highest BCUT2D eigenvalue weighted by molar-refractivity contribution is 6.04. The molecule has 7 rings (SSSR count). The number of aryl methyl sites for hydroxylation is 3. The molecule has 0 aliphatic heterocycles. The molecule has 0 heterocycles. The Bertz CT molecular complexity index is 1870. The Morgan fingerprint density at radius 1 is 0.568 bits per heavy atom. The quantitative estimate of drug-likeness (QED) is 0.197. The van der Waals surface area contributed by atoms with Crippen LogP contribution < -0.4 is 0 Å². The zero-order chi connectivity index (χ0) is 30.9. The summed E-state index contributed by atoms with van der Waals surface area (Å²) in [5.41, 5.74) is 15.1. The van der Waals surface area contributed by atoms with E-state index in [0.717, 1.165) is 19.3 Å². The van der Waals surface area contributed by atoms with Crippen molar-refractivity contribution in [1.82, 2.24) is 0 Å². The molecule has 0 aromatic heterocycles. The largest absolute Gasteiger partial charge is 0.0836 e. The van der Waals surface area contributed by atoms with E-state index in [4.69, 9.17) is 0 Å². The van der Waals surface area contributed by atoms with Crippen LogP contribution in [-0.4, -0.2) is 0 Å². The molecule has 0 bridgehead atoms. The minimum absolute atomic E-state index is 1.09. The van der Waals surface area contributed by atoms with E-state index < -0.39 is 0 Å². The Morgan fingerprint density at radius 3 is 1.93 bits per heavy atom. The molecule has 1 aliphatic rings. The summed E-state index contributed by atoms with van der Waals surface area (Å²) in [6.07, 6.45) is 8.01. The normalized spacial score (nSPS) is 11.6. The van der Waals surface area contributed by atoms with E-state index in [1.54, 1.807) is 0 Å². The van der Waals surface area contributed by atoms with Crippen molar-refractivity contribution < 1.29 is 0 Å². The third-order valence-corrected chi connectivity index (χ3v) is 8.58. The maximum absolute atomic E-state index is 2.34. The summed E-state index contributed by atoms with van der Waals surface area (Å²) in [7, 11) is 0. The molecule has 0 saturated carbocycles. The van der Waals surface area contributed by atoms with Crippen molar-refractivity contribution in [1.29, 1.82) is 0 Å². The zero-order valence-corrected chi connectivity index (χ0v) is 26.9. The van der Waals surface area contributed by atoms with Gasteiger partial charge in [0.1, 0.15) is 0 Å². The summed E-state index contributed by atoms with van der Waals surface area (Å²) >= 11 is 0. The number of hydrogen-bond acceptors (Lipinski definition) is 0. The summed E-state index contributed by atoms with van der Waals surface area (Å²) < 4.78 is 0. The smallest absolute Gasteiger partial charge is 0.00298 e. The van der Waals surface area contributed by atoms with Crippen molar-refractivity contribution in [2.45, 2.75) is 53.9 Å². The monoisotopic (exact) mass is 572 g/mol. The second kappa shape index (κ2) is 14.7. The average molecular weight is 573 g/mol. The first-order valence-electron chi connectivity index (χ1n) is 16.2. The zero-order valence-electron chi connectivity index (χ0n) is 26.9. The fourth-order valence-corrected chi connectivity index (χ4v) is 6.39. The molecular formula is C44H44. The topological polar surface area (TPSA) is 0 Å². The van der Waals surface area contributed by atoms with E-state index in [-0.39, 0.29) is 0 Å². The first kappa shape index (κ1) is 30.8. The van der Waals surface area contributed by atoms with Gasteiger partial charge < -0.3 is 0 Å². The van der Waals surface area contributed by atoms with Gasteiger partial charge in [-0.3, -0.25) is 0 Å². The molecule has 0 atom stereocenters. The highest BCUT2D eigenvalue weighted by Gasteiger charge is 2.18. The number of rotatable bonds is 4. The Hall–Kier alpha value is -4.68. The molecule has 0 N–H and O–H groups in total. The number of hydrogen-bond donors (Lipinski definition) is 0. The van der Waals surface area contributed by atoms with Gasteiger partial charge in [0.2, 0.25) is 0 Å². The molecule has 0 radical (unpaired) electrons. The maximum Gasteiger partial charge on any atom is -0.00298 e. The number of fused-ring (bicyclic) bond motifs is 2. The van der Waals surface area contributed by atoms with Crippen LogP contribution in [0, 0.1) is 13.8 Å². The van der Waals surface area contributed by atoms with Gasteiger partial charge in [-0.25, -0.2) is 0 Å². The molecule has 0 heteroatoms. The third kappa shape index (κ3) is 6.46. The van der Waals surface area contributed by atoms with Crippen molar-refractivity contribution in [2.24, 2.45) is 0 Å². The minimum Gasteiger partial charge on any atom is -0.0836 e. The van der Waals surface area contributed by atoms with Crippen LogP contribution in [0.25, 0.3) is 50.2 Å². The van der Waals surface area contributed by atoms with Gasteiger partial charge >= 0.3 is 0 Å². The maximum atomic E-state index is 2.34. The SMILES string of the molecule is CC.CCc1ccccc1-c1ccccc1C.Cc1c2c(c(-c3cccc(-c4ccccc4)c3)c3ccccc13)C=CCC2. The molecule has 0 unspecified atom stereocenters. The Kier molecular flexibility index (Phi) is 10.3. The van der Waals surface area contributed by atoms with E-state index in [0.29, 0.717) is 0 Å². The van der Waals surface area contributed by atoms with Gasteiger partial charge in [0, 0.05) is 0 Å². The first-order chi connectivity index (χ1) is 21.7. The lowest BCUT2D eigenvalue weighted by molar-refractivity contribution is 0.976. The van der Waals surface area contributed by atoms with Gasteiger partial charge in [0.25, 0.3) is 0 Å². The van der Waals surface area contributed by atoms with Gasteiger partial charge in [0.05, 0.1) is 0 Å². The standard InChI is InChI=1S/C27H22.C15H16.C2H6/c1-19-23-14-5-7-16-25(23)27(26-17-8-6-15-24(19)26)22-13-9-12-21(18-22)20-10-3-2-4-11-20;1-3-13-9-5-7-11-15(13)14-10-6-4-8-12(14)2;1-2/h2-5,7-14,16-18H,6,15H2,1H3;4-11H,3H2,1-2H3;1-2H3. The van der Waals surface area contributed by atoms with E-state index in [1.807, 2.05) is 13.8 Å². The highest BCUT2D eigenvalue weighted by atomic mass is 14.2. The number of benzene rings is 6.